The number of piperazine rings is 1. The van der Waals surface area contributed by atoms with Gasteiger partial charge in [0.1, 0.15) is 0 Å². The van der Waals surface area contributed by atoms with Crippen LogP contribution in [0.4, 0.5) is 0 Å². The van der Waals surface area contributed by atoms with Gasteiger partial charge in [0, 0.05) is 57.2 Å². The van der Waals surface area contributed by atoms with Gasteiger partial charge in [-0.25, -0.2) is 9.97 Å². The van der Waals surface area contributed by atoms with Gasteiger partial charge in [-0.15, -0.1) is 0 Å². The van der Waals surface area contributed by atoms with E-state index >= 15 is 0 Å². The summed E-state index contributed by atoms with van der Waals surface area (Å²) in [5.41, 5.74) is 2.47. The number of thioether (sulfide) groups is 1. The lowest BCUT2D eigenvalue weighted by molar-refractivity contribution is 0.137. The van der Waals surface area contributed by atoms with Crippen molar-refractivity contribution < 1.29 is 0 Å². The predicted molar refractivity (Wildman–Crippen MR) is 101 cm³/mol. The van der Waals surface area contributed by atoms with Crippen molar-refractivity contribution in [2.45, 2.75) is 11.7 Å². The molecule has 1 aliphatic rings. The first-order valence-electron chi connectivity index (χ1n) is 8.35. The molecule has 0 unspecified atom stereocenters. The minimum absolute atomic E-state index is 0.841. The van der Waals surface area contributed by atoms with Gasteiger partial charge < -0.3 is 0 Å². The summed E-state index contributed by atoms with van der Waals surface area (Å²) < 4.78 is 0. The molecule has 0 N–H and O–H groups in total. The van der Waals surface area contributed by atoms with Crippen LogP contribution in [-0.4, -0.2) is 58.7 Å². The Labute approximate surface area is 148 Å². The van der Waals surface area contributed by atoms with Crippen molar-refractivity contribution in [3.63, 3.8) is 0 Å². The molecule has 1 fully saturated rings. The fourth-order valence-corrected chi connectivity index (χ4v) is 3.14. The zero-order chi connectivity index (χ0) is 16.6. The highest BCUT2D eigenvalue weighted by molar-refractivity contribution is 7.98. The Morgan fingerprint density at radius 2 is 1.67 bits per heavy atom. The molecule has 4 nitrogen and oxygen atoms in total. The largest absolute Gasteiger partial charge is 0.297 e. The number of hydrogen-bond donors (Lipinski definition) is 0. The maximum atomic E-state index is 4.35. The molecule has 1 aromatic heterocycles. The lowest BCUT2D eigenvalue weighted by Gasteiger charge is -2.34. The summed E-state index contributed by atoms with van der Waals surface area (Å²) in [4.78, 5) is 13.7. The molecular formula is C19H24N4S. The highest BCUT2D eigenvalue weighted by atomic mass is 32.2. The molecule has 0 atom stereocenters. The third kappa shape index (κ3) is 5.16. The smallest absolute Gasteiger partial charge is 0.187 e. The maximum Gasteiger partial charge on any atom is 0.187 e. The number of hydrogen-bond acceptors (Lipinski definition) is 5. The zero-order valence-corrected chi connectivity index (χ0v) is 15.0. The van der Waals surface area contributed by atoms with Gasteiger partial charge in [-0.05, 0) is 11.8 Å². The van der Waals surface area contributed by atoms with Crippen LogP contribution in [0.3, 0.4) is 0 Å². The second-order valence-corrected chi connectivity index (χ2v) is 6.74. The second kappa shape index (κ2) is 8.97. The van der Waals surface area contributed by atoms with Crippen LogP contribution in [0.1, 0.15) is 11.1 Å². The van der Waals surface area contributed by atoms with Crippen LogP contribution in [0.2, 0.25) is 0 Å². The average molecular weight is 340 g/mol. The van der Waals surface area contributed by atoms with E-state index in [9.17, 15) is 0 Å². The van der Waals surface area contributed by atoms with Crippen LogP contribution in [0.5, 0.6) is 0 Å². The molecule has 2 aromatic rings. The molecular weight excluding hydrogens is 316 g/mol. The lowest BCUT2D eigenvalue weighted by atomic mass is 10.2. The summed E-state index contributed by atoms with van der Waals surface area (Å²) >= 11 is 1.58. The second-order valence-electron chi connectivity index (χ2n) is 5.97. The van der Waals surface area contributed by atoms with Gasteiger partial charge in [0.2, 0.25) is 0 Å². The molecule has 3 rings (SSSR count). The van der Waals surface area contributed by atoms with Crippen LogP contribution >= 0.6 is 11.8 Å². The number of aromatic nitrogens is 2. The van der Waals surface area contributed by atoms with Crippen molar-refractivity contribution in [3.8, 4) is 0 Å². The Hall–Kier alpha value is -1.69. The van der Waals surface area contributed by atoms with E-state index in [0.29, 0.717) is 0 Å². The first-order valence-corrected chi connectivity index (χ1v) is 9.57. The van der Waals surface area contributed by atoms with Gasteiger partial charge in [-0.2, -0.15) is 0 Å². The molecule has 126 valence electrons. The molecule has 0 saturated carbocycles. The van der Waals surface area contributed by atoms with E-state index in [1.54, 1.807) is 11.8 Å². The van der Waals surface area contributed by atoms with Gasteiger partial charge in [0.15, 0.2) is 5.16 Å². The van der Waals surface area contributed by atoms with Crippen LogP contribution < -0.4 is 0 Å². The Morgan fingerprint density at radius 3 is 2.33 bits per heavy atom. The zero-order valence-electron chi connectivity index (χ0n) is 14.1. The normalized spacial score (nSPS) is 16.7. The Balaban J connectivity index is 1.41. The third-order valence-corrected chi connectivity index (χ3v) is 4.78. The van der Waals surface area contributed by atoms with Crippen LogP contribution in [0, 0.1) is 0 Å². The third-order valence-electron chi connectivity index (χ3n) is 4.21. The molecule has 1 saturated heterocycles. The van der Waals surface area contributed by atoms with E-state index in [4.69, 9.17) is 0 Å². The molecule has 5 heteroatoms. The molecule has 1 aromatic carbocycles. The van der Waals surface area contributed by atoms with Crippen LogP contribution in [0.15, 0.2) is 54.0 Å². The average Bonchev–Trinajstić information content (AvgIpc) is 2.65. The summed E-state index contributed by atoms with van der Waals surface area (Å²) in [6.07, 6.45) is 10.4. The van der Waals surface area contributed by atoms with E-state index in [2.05, 4.69) is 62.3 Å². The van der Waals surface area contributed by atoms with Gasteiger partial charge in [0.25, 0.3) is 0 Å². The number of rotatable bonds is 6. The Kier molecular flexibility index (Phi) is 6.41. The number of benzene rings is 1. The molecule has 0 amide bonds. The highest BCUT2D eigenvalue weighted by Crippen LogP contribution is 2.11. The standard InChI is InChI=1S/C19H24N4S/c1-24-19-20-14-18(15-21-19)16-23-12-10-22(11-13-23)9-5-8-17-6-3-2-4-7-17/h2-8,14-15H,9-13,16H2,1H3/b8-5+. The summed E-state index contributed by atoms with van der Waals surface area (Å²) in [7, 11) is 0. The van der Waals surface area contributed by atoms with E-state index in [1.807, 2.05) is 18.6 Å². The topological polar surface area (TPSA) is 32.3 Å². The molecule has 0 bridgehead atoms. The quantitative estimate of drug-likeness (QED) is 0.596. The summed E-state index contributed by atoms with van der Waals surface area (Å²) in [5, 5.41) is 0.841. The van der Waals surface area contributed by atoms with Crippen molar-refractivity contribution in [1.29, 1.82) is 0 Å². The maximum absolute atomic E-state index is 4.35. The van der Waals surface area contributed by atoms with Crippen molar-refractivity contribution in [2.75, 3.05) is 39.0 Å². The van der Waals surface area contributed by atoms with E-state index in [-0.39, 0.29) is 0 Å². The molecule has 1 aliphatic heterocycles. The first kappa shape index (κ1) is 17.1. The Bertz CT molecular complexity index is 634. The summed E-state index contributed by atoms with van der Waals surface area (Å²) in [6, 6.07) is 10.5. The minimum atomic E-state index is 0.841. The van der Waals surface area contributed by atoms with Gasteiger partial charge in [-0.1, -0.05) is 54.2 Å². The Morgan fingerprint density at radius 1 is 1.00 bits per heavy atom. The van der Waals surface area contributed by atoms with Gasteiger partial charge in [0.05, 0.1) is 0 Å². The van der Waals surface area contributed by atoms with E-state index in [1.165, 1.54) is 11.1 Å². The van der Waals surface area contributed by atoms with Crippen molar-refractivity contribution in [3.05, 3.63) is 59.9 Å². The van der Waals surface area contributed by atoms with Crippen molar-refractivity contribution >= 4 is 17.8 Å². The predicted octanol–water partition coefficient (Wildman–Crippen LogP) is 3.03. The summed E-state index contributed by atoms with van der Waals surface area (Å²) in [5.74, 6) is 0. The minimum Gasteiger partial charge on any atom is -0.297 e. The number of nitrogens with zero attached hydrogens (tertiary/aromatic N) is 4. The van der Waals surface area contributed by atoms with Gasteiger partial charge >= 0.3 is 0 Å². The molecule has 0 aliphatic carbocycles. The lowest BCUT2D eigenvalue weighted by Crippen LogP contribution is -2.45. The van der Waals surface area contributed by atoms with Crippen molar-refractivity contribution in [2.24, 2.45) is 0 Å². The van der Waals surface area contributed by atoms with Crippen LogP contribution in [-0.2, 0) is 6.54 Å². The molecule has 0 spiro atoms. The first-order chi connectivity index (χ1) is 11.8. The SMILES string of the molecule is CSc1ncc(CN2CCN(C/C=C/c3ccccc3)CC2)cn1. The monoisotopic (exact) mass is 340 g/mol. The van der Waals surface area contributed by atoms with E-state index in [0.717, 1.165) is 44.4 Å². The van der Waals surface area contributed by atoms with E-state index < -0.39 is 0 Å². The molecule has 0 radical (unpaired) electrons. The molecule has 2 heterocycles. The fraction of sp³-hybridized carbons (Fsp3) is 0.368. The van der Waals surface area contributed by atoms with Gasteiger partial charge in [-0.3, -0.25) is 9.80 Å². The fourth-order valence-electron chi connectivity index (χ4n) is 2.82. The summed E-state index contributed by atoms with van der Waals surface area (Å²) in [6.45, 7) is 6.40. The van der Waals surface area contributed by atoms with Crippen molar-refractivity contribution in [1.82, 2.24) is 19.8 Å². The molecule has 24 heavy (non-hydrogen) atoms. The highest BCUT2D eigenvalue weighted by Gasteiger charge is 2.16. The van der Waals surface area contributed by atoms with Crippen LogP contribution in [0.25, 0.3) is 6.08 Å².